The molecule has 0 radical (unpaired) electrons. The van der Waals surface area contributed by atoms with Gasteiger partial charge in [0, 0.05) is 20.5 Å². The molecule has 3 aromatic rings. The number of thioether (sulfide) groups is 1. The van der Waals surface area contributed by atoms with Gasteiger partial charge in [-0.05, 0) is 48.2 Å². The van der Waals surface area contributed by atoms with Gasteiger partial charge < -0.3 is 0 Å². The van der Waals surface area contributed by atoms with E-state index in [0.717, 1.165) is 48.5 Å². The van der Waals surface area contributed by atoms with Crippen molar-refractivity contribution in [3.63, 3.8) is 0 Å². The van der Waals surface area contributed by atoms with Crippen LogP contribution in [0, 0.1) is 13.8 Å². The highest BCUT2D eigenvalue weighted by Gasteiger charge is 2.24. The molecule has 0 saturated carbocycles. The number of nitrogens with zero attached hydrogens (tertiary/aromatic N) is 1. The lowest BCUT2D eigenvalue weighted by atomic mass is 10.1. The van der Waals surface area contributed by atoms with E-state index in [9.17, 15) is 4.79 Å². The number of hydrogen-bond donors (Lipinski definition) is 1. The second kappa shape index (κ2) is 7.94. The molecular weight excluding hydrogens is 432 g/mol. The van der Waals surface area contributed by atoms with Crippen LogP contribution in [0.3, 0.4) is 0 Å². The zero-order valence-electron chi connectivity index (χ0n) is 15.6. The minimum absolute atomic E-state index is 0.112. The van der Waals surface area contributed by atoms with Crippen molar-refractivity contribution >= 4 is 39.3 Å². The molecule has 0 bridgehead atoms. The normalized spacial score (nSPS) is 11.8. The van der Waals surface area contributed by atoms with E-state index in [1.807, 2.05) is 36.4 Å². The number of aryl methyl sites for hydroxylation is 2. The minimum atomic E-state index is -0.112. The Hall–Kier alpha value is -2.37. The molecule has 1 amide bonds. The quantitative estimate of drug-likeness (QED) is 0.319. The van der Waals surface area contributed by atoms with E-state index in [0.29, 0.717) is 5.75 Å². The van der Waals surface area contributed by atoms with Gasteiger partial charge in [-0.25, -0.2) is 5.43 Å². The molecule has 0 saturated heterocycles. The highest BCUT2D eigenvalue weighted by molar-refractivity contribution is 9.10. The maximum atomic E-state index is 12.4. The Balaban J connectivity index is 1.50. The van der Waals surface area contributed by atoms with Crippen LogP contribution in [0.2, 0.25) is 0 Å². The maximum Gasteiger partial charge on any atom is 0.250 e. The first-order valence-corrected chi connectivity index (χ1v) is 10.8. The summed E-state index contributed by atoms with van der Waals surface area (Å²) in [4.78, 5) is 13.5. The van der Waals surface area contributed by atoms with Crippen LogP contribution >= 0.6 is 27.7 Å². The predicted octanol–water partition coefficient (Wildman–Crippen LogP) is 5.71. The third kappa shape index (κ3) is 3.64. The summed E-state index contributed by atoms with van der Waals surface area (Å²) in [7, 11) is 0. The molecule has 0 atom stereocenters. The summed E-state index contributed by atoms with van der Waals surface area (Å²) in [6, 6.07) is 20.5. The first-order valence-electron chi connectivity index (χ1n) is 9.00. The zero-order valence-corrected chi connectivity index (χ0v) is 18.0. The van der Waals surface area contributed by atoms with Crippen molar-refractivity contribution in [2.75, 3.05) is 5.75 Å². The van der Waals surface area contributed by atoms with E-state index in [1.54, 1.807) is 0 Å². The van der Waals surface area contributed by atoms with Crippen LogP contribution in [-0.4, -0.2) is 17.4 Å². The van der Waals surface area contributed by atoms with Crippen LogP contribution in [0.5, 0.6) is 0 Å². The second-order valence-corrected chi connectivity index (χ2v) is 8.61. The summed E-state index contributed by atoms with van der Waals surface area (Å²) in [6.07, 6.45) is 0. The van der Waals surface area contributed by atoms with Gasteiger partial charge in [0.1, 0.15) is 0 Å². The van der Waals surface area contributed by atoms with E-state index < -0.39 is 0 Å². The van der Waals surface area contributed by atoms with Gasteiger partial charge in [0.05, 0.1) is 11.5 Å². The van der Waals surface area contributed by atoms with Crippen molar-refractivity contribution in [1.82, 2.24) is 5.43 Å². The molecule has 0 heterocycles. The summed E-state index contributed by atoms with van der Waals surface area (Å²) >= 11 is 5.07. The van der Waals surface area contributed by atoms with Crippen molar-refractivity contribution in [1.29, 1.82) is 0 Å². The number of nitrogens with one attached hydrogen (secondary N) is 1. The fourth-order valence-electron chi connectivity index (χ4n) is 3.32. The zero-order chi connectivity index (χ0) is 19.7. The third-order valence-electron chi connectivity index (χ3n) is 4.76. The van der Waals surface area contributed by atoms with Crippen molar-refractivity contribution in [2.45, 2.75) is 18.7 Å². The van der Waals surface area contributed by atoms with Gasteiger partial charge in [0.15, 0.2) is 0 Å². The number of carbonyl (C=O) groups excluding carboxylic acids is 1. The van der Waals surface area contributed by atoms with E-state index in [2.05, 4.69) is 64.6 Å². The van der Waals surface area contributed by atoms with Gasteiger partial charge in [0.2, 0.25) is 5.91 Å². The van der Waals surface area contributed by atoms with Crippen LogP contribution in [0.1, 0.15) is 22.3 Å². The van der Waals surface area contributed by atoms with Crippen molar-refractivity contribution in [3.8, 4) is 11.1 Å². The molecule has 3 nitrogen and oxygen atoms in total. The van der Waals surface area contributed by atoms with Gasteiger partial charge in [-0.1, -0.05) is 64.5 Å². The highest BCUT2D eigenvalue weighted by Crippen LogP contribution is 2.36. The maximum absolute atomic E-state index is 12.4. The number of benzene rings is 3. The van der Waals surface area contributed by atoms with E-state index in [-0.39, 0.29) is 5.91 Å². The van der Waals surface area contributed by atoms with Gasteiger partial charge in [-0.2, -0.15) is 5.10 Å². The molecular formula is C23H19BrN2OS. The third-order valence-corrected chi connectivity index (χ3v) is 6.77. The SMILES string of the molecule is Cc1cc(SCC(=O)NN=C2c3ccccc3-c3ccccc32)c(C)cc1Br. The largest absolute Gasteiger partial charge is 0.272 e. The number of carbonyl (C=O) groups is 1. The predicted molar refractivity (Wildman–Crippen MR) is 120 cm³/mol. The number of hydrazone groups is 1. The van der Waals surface area contributed by atoms with Crippen LogP contribution in [0.15, 0.2) is 75.1 Å². The summed E-state index contributed by atoms with van der Waals surface area (Å²) < 4.78 is 1.09. The molecule has 140 valence electrons. The molecule has 0 unspecified atom stereocenters. The first kappa shape index (κ1) is 19.0. The Kier molecular flexibility index (Phi) is 5.38. The molecule has 1 aliphatic rings. The second-order valence-electron chi connectivity index (χ2n) is 6.74. The molecule has 1 N–H and O–H groups in total. The molecule has 1 aliphatic carbocycles. The number of halogens is 1. The smallest absolute Gasteiger partial charge is 0.250 e. The Morgan fingerprint density at radius 3 is 2.11 bits per heavy atom. The average molecular weight is 451 g/mol. The Morgan fingerprint density at radius 2 is 1.50 bits per heavy atom. The minimum Gasteiger partial charge on any atom is -0.272 e. The molecule has 4 rings (SSSR count). The summed E-state index contributed by atoms with van der Waals surface area (Å²) in [5, 5.41) is 4.47. The Morgan fingerprint density at radius 1 is 0.929 bits per heavy atom. The van der Waals surface area contributed by atoms with Crippen LogP contribution in [0.4, 0.5) is 0 Å². The Bertz CT molecular complexity index is 1060. The molecule has 0 aromatic heterocycles. The number of hydrogen-bond acceptors (Lipinski definition) is 3. The van der Waals surface area contributed by atoms with Crippen LogP contribution in [-0.2, 0) is 4.79 Å². The number of amides is 1. The number of fused-ring (bicyclic) bond motifs is 3. The Labute approximate surface area is 177 Å². The van der Waals surface area contributed by atoms with Crippen molar-refractivity contribution in [3.05, 3.63) is 87.4 Å². The molecule has 0 aliphatic heterocycles. The fraction of sp³-hybridized carbons (Fsp3) is 0.130. The number of rotatable bonds is 4. The molecule has 0 spiro atoms. The summed E-state index contributed by atoms with van der Waals surface area (Å²) in [5.74, 6) is 0.210. The van der Waals surface area contributed by atoms with Gasteiger partial charge in [-0.15, -0.1) is 11.8 Å². The first-order chi connectivity index (χ1) is 13.5. The van der Waals surface area contributed by atoms with Gasteiger partial charge in [-0.3, -0.25) is 4.79 Å². The lowest BCUT2D eigenvalue weighted by Crippen LogP contribution is -2.21. The van der Waals surface area contributed by atoms with Crippen LogP contribution < -0.4 is 5.43 Å². The summed E-state index contributed by atoms with van der Waals surface area (Å²) in [5.41, 5.74) is 10.3. The molecule has 5 heteroatoms. The molecule has 3 aromatic carbocycles. The lowest BCUT2D eigenvalue weighted by molar-refractivity contribution is -0.118. The van der Waals surface area contributed by atoms with Gasteiger partial charge >= 0.3 is 0 Å². The van der Waals surface area contributed by atoms with Crippen LogP contribution in [0.25, 0.3) is 11.1 Å². The standard InChI is InChI=1S/C23H19BrN2OS/c1-14-12-21(15(2)11-20(14)24)28-13-22(27)25-26-23-18-9-5-3-7-16(18)17-8-4-6-10-19(17)23/h3-12H,13H2,1-2H3,(H,25,27). The topological polar surface area (TPSA) is 41.5 Å². The highest BCUT2D eigenvalue weighted by atomic mass is 79.9. The van der Waals surface area contributed by atoms with E-state index >= 15 is 0 Å². The van der Waals surface area contributed by atoms with Crippen molar-refractivity contribution < 1.29 is 4.79 Å². The fourth-order valence-corrected chi connectivity index (χ4v) is 4.67. The van der Waals surface area contributed by atoms with E-state index in [4.69, 9.17) is 0 Å². The monoisotopic (exact) mass is 450 g/mol. The summed E-state index contributed by atoms with van der Waals surface area (Å²) in [6.45, 7) is 4.10. The van der Waals surface area contributed by atoms with E-state index in [1.165, 1.54) is 11.8 Å². The lowest BCUT2D eigenvalue weighted by Gasteiger charge is -2.08. The van der Waals surface area contributed by atoms with Gasteiger partial charge in [0.25, 0.3) is 0 Å². The molecule has 0 fully saturated rings. The average Bonchev–Trinajstić information content (AvgIpc) is 3.02. The molecule has 28 heavy (non-hydrogen) atoms. The van der Waals surface area contributed by atoms with Crippen molar-refractivity contribution in [2.24, 2.45) is 5.10 Å².